The van der Waals surface area contributed by atoms with Crippen LogP contribution < -0.4 is 10.6 Å². The summed E-state index contributed by atoms with van der Waals surface area (Å²) < 4.78 is 19.7. The van der Waals surface area contributed by atoms with Gasteiger partial charge in [-0.25, -0.2) is 14.4 Å². The van der Waals surface area contributed by atoms with Crippen molar-refractivity contribution in [1.82, 2.24) is 9.97 Å². The van der Waals surface area contributed by atoms with Gasteiger partial charge in [0.25, 0.3) is 0 Å². The van der Waals surface area contributed by atoms with Crippen molar-refractivity contribution in [2.75, 3.05) is 23.8 Å². The maximum Gasteiger partial charge on any atom is 0.163 e. The summed E-state index contributed by atoms with van der Waals surface area (Å²) >= 11 is 0. The molecular formula is C21H21FN4O. The minimum absolute atomic E-state index is 0.197. The van der Waals surface area contributed by atoms with Gasteiger partial charge < -0.3 is 15.4 Å². The number of nitrogens with one attached hydrogen (secondary N) is 2. The largest absolute Gasteiger partial charge is 0.376 e. The number of benzene rings is 2. The zero-order valence-electron chi connectivity index (χ0n) is 14.9. The molecule has 1 aromatic heterocycles. The Kier molecular flexibility index (Phi) is 5.25. The molecule has 5 nitrogen and oxygen atoms in total. The first-order valence-electron chi connectivity index (χ1n) is 9.09. The van der Waals surface area contributed by atoms with Gasteiger partial charge in [0.1, 0.15) is 17.5 Å². The number of hydrogen-bond donors (Lipinski definition) is 2. The molecule has 138 valence electrons. The van der Waals surface area contributed by atoms with Crippen LogP contribution in [0.3, 0.4) is 0 Å². The van der Waals surface area contributed by atoms with Crippen molar-refractivity contribution < 1.29 is 9.13 Å². The maximum absolute atomic E-state index is 14.0. The molecule has 1 atom stereocenters. The van der Waals surface area contributed by atoms with Crippen LogP contribution in [0, 0.1) is 5.82 Å². The Morgan fingerprint density at radius 1 is 1.00 bits per heavy atom. The third kappa shape index (κ3) is 4.41. The van der Waals surface area contributed by atoms with Gasteiger partial charge in [-0.15, -0.1) is 0 Å². The van der Waals surface area contributed by atoms with Gasteiger partial charge in [-0.2, -0.15) is 0 Å². The monoisotopic (exact) mass is 364 g/mol. The summed E-state index contributed by atoms with van der Waals surface area (Å²) in [5.74, 6) is 1.46. The van der Waals surface area contributed by atoms with Crippen molar-refractivity contribution in [3.05, 3.63) is 66.5 Å². The van der Waals surface area contributed by atoms with Crippen LogP contribution in [0.2, 0.25) is 0 Å². The number of para-hydroxylation sites is 1. The van der Waals surface area contributed by atoms with Crippen LogP contribution in [0.15, 0.2) is 60.7 Å². The summed E-state index contributed by atoms with van der Waals surface area (Å²) in [5, 5.41) is 6.38. The quantitative estimate of drug-likeness (QED) is 0.668. The van der Waals surface area contributed by atoms with Gasteiger partial charge in [-0.05, 0) is 25.0 Å². The van der Waals surface area contributed by atoms with Crippen LogP contribution in [0.25, 0.3) is 11.4 Å². The molecule has 1 unspecified atom stereocenters. The van der Waals surface area contributed by atoms with E-state index < -0.39 is 0 Å². The highest BCUT2D eigenvalue weighted by Gasteiger charge is 2.16. The Hall–Kier alpha value is -2.99. The summed E-state index contributed by atoms with van der Waals surface area (Å²) in [4.78, 5) is 9.18. The van der Waals surface area contributed by atoms with E-state index in [1.54, 1.807) is 24.3 Å². The van der Waals surface area contributed by atoms with Gasteiger partial charge >= 0.3 is 0 Å². The predicted octanol–water partition coefficient (Wildman–Crippen LogP) is 4.62. The van der Waals surface area contributed by atoms with Crippen LogP contribution in [0.5, 0.6) is 0 Å². The van der Waals surface area contributed by atoms with Crippen molar-refractivity contribution >= 4 is 17.3 Å². The molecule has 0 saturated carbocycles. The lowest BCUT2D eigenvalue weighted by Crippen LogP contribution is -2.19. The second kappa shape index (κ2) is 8.14. The molecule has 2 heterocycles. The summed E-state index contributed by atoms with van der Waals surface area (Å²) in [6, 6.07) is 18.0. The van der Waals surface area contributed by atoms with Crippen LogP contribution in [0.1, 0.15) is 12.8 Å². The standard InChI is InChI=1S/C21H21FN4O/c22-17-10-4-5-11-18(17)24-20-13-19(23-14-16-9-6-12-27-16)25-21(26-20)15-7-2-1-3-8-15/h1-5,7-8,10-11,13,16H,6,9,12,14H2,(H2,23,24,25,26). The lowest BCUT2D eigenvalue weighted by atomic mass is 10.2. The first-order chi connectivity index (χ1) is 13.3. The van der Waals surface area contributed by atoms with Crippen LogP contribution in [0.4, 0.5) is 21.7 Å². The lowest BCUT2D eigenvalue weighted by Gasteiger charge is -2.14. The number of aromatic nitrogens is 2. The second-order valence-electron chi connectivity index (χ2n) is 6.45. The number of anilines is 3. The Balaban J connectivity index is 1.62. The van der Waals surface area contributed by atoms with Gasteiger partial charge in [0.2, 0.25) is 0 Å². The average Bonchev–Trinajstić information content (AvgIpc) is 3.22. The first-order valence-corrected chi connectivity index (χ1v) is 9.09. The maximum atomic E-state index is 14.0. The summed E-state index contributed by atoms with van der Waals surface area (Å²) in [5.41, 5.74) is 1.27. The average molecular weight is 364 g/mol. The third-order valence-electron chi connectivity index (χ3n) is 4.43. The molecule has 1 fully saturated rings. The van der Waals surface area contributed by atoms with Crippen molar-refractivity contribution in [2.24, 2.45) is 0 Å². The van der Waals surface area contributed by atoms with Crippen molar-refractivity contribution in [3.8, 4) is 11.4 Å². The highest BCUT2D eigenvalue weighted by molar-refractivity contribution is 5.65. The zero-order valence-corrected chi connectivity index (χ0v) is 14.9. The van der Waals surface area contributed by atoms with Crippen molar-refractivity contribution in [1.29, 1.82) is 0 Å². The van der Waals surface area contributed by atoms with Crippen molar-refractivity contribution in [2.45, 2.75) is 18.9 Å². The van der Waals surface area contributed by atoms with E-state index in [4.69, 9.17) is 4.74 Å². The van der Waals surface area contributed by atoms with E-state index in [0.29, 0.717) is 29.7 Å². The highest BCUT2D eigenvalue weighted by Crippen LogP contribution is 2.24. The second-order valence-corrected chi connectivity index (χ2v) is 6.45. The van der Waals surface area contributed by atoms with E-state index >= 15 is 0 Å². The van der Waals surface area contributed by atoms with E-state index in [2.05, 4.69) is 20.6 Å². The smallest absolute Gasteiger partial charge is 0.163 e. The number of rotatable bonds is 6. The van der Waals surface area contributed by atoms with Crippen molar-refractivity contribution in [3.63, 3.8) is 0 Å². The minimum atomic E-state index is -0.328. The molecule has 0 amide bonds. The molecule has 1 aliphatic heterocycles. The van der Waals surface area contributed by atoms with E-state index in [1.165, 1.54) is 6.07 Å². The Labute approximate surface area is 157 Å². The van der Waals surface area contributed by atoms with Crippen LogP contribution in [-0.2, 0) is 4.74 Å². The molecule has 0 radical (unpaired) electrons. The summed E-state index contributed by atoms with van der Waals surface area (Å²) in [7, 11) is 0. The fourth-order valence-electron chi connectivity index (χ4n) is 3.04. The van der Waals surface area contributed by atoms with Gasteiger partial charge in [0, 0.05) is 24.8 Å². The molecule has 2 N–H and O–H groups in total. The molecule has 2 aromatic carbocycles. The molecular weight excluding hydrogens is 343 g/mol. The molecule has 1 saturated heterocycles. The fraction of sp³-hybridized carbons (Fsp3) is 0.238. The lowest BCUT2D eigenvalue weighted by molar-refractivity contribution is 0.120. The van der Waals surface area contributed by atoms with E-state index in [9.17, 15) is 4.39 Å². The van der Waals surface area contributed by atoms with Gasteiger partial charge in [-0.1, -0.05) is 42.5 Å². The Morgan fingerprint density at radius 3 is 2.56 bits per heavy atom. The number of halogens is 1. The van der Waals surface area contributed by atoms with Gasteiger partial charge in [0.15, 0.2) is 5.82 Å². The molecule has 0 spiro atoms. The van der Waals surface area contributed by atoms with Crippen LogP contribution in [-0.4, -0.2) is 29.2 Å². The molecule has 1 aliphatic rings. The van der Waals surface area contributed by atoms with Crippen LogP contribution >= 0.6 is 0 Å². The summed E-state index contributed by atoms with van der Waals surface area (Å²) in [6.07, 6.45) is 2.33. The van der Waals surface area contributed by atoms with E-state index in [1.807, 2.05) is 30.3 Å². The SMILES string of the molecule is Fc1ccccc1Nc1cc(NCC2CCCO2)nc(-c2ccccc2)n1. The normalized spacial score (nSPS) is 16.3. The zero-order chi connectivity index (χ0) is 18.5. The number of ether oxygens (including phenoxy) is 1. The predicted molar refractivity (Wildman–Crippen MR) is 105 cm³/mol. The topological polar surface area (TPSA) is 59.1 Å². The minimum Gasteiger partial charge on any atom is -0.376 e. The van der Waals surface area contributed by atoms with E-state index in [-0.39, 0.29) is 11.9 Å². The highest BCUT2D eigenvalue weighted by atomic mass is 19.1. The van der Waals surface area contributed by atoms with E-state index in [0.717, 1.165) is 25.0 Å². The molecule has 3 aromatic rings. The Bertz CT molecular complexity index is 898. The first kappa shape index (κ1) is 17.4. The van der Waals surface area contributed by atoms with Gasteiger partial charge in [-0.3, -0.25) is 0 Å². The molecule has 0 aliphatic carbocycles. The molecule has 4 rings (SSSR count). The molecule has 6 heteroatoms. The van der Waals surface area contributed by atoms with Gasteiger partial charge in [0.05, 0.1) is 11.8 Å². The summed E-state index contributed by atoms with van der Waals surface area (Å²) in [6.45, 7) is 1.50. The number of nitrogens with zero attached hydrogens (tertiary/aromatic N) is 2. The fourth-order valence-corrected chi connectivity index (χ4v) is 3.04. The third-order valence-corrected chi connectivity index (χ3v) is 4.43. The molecule has 27 heavy (non-hydrogen) atoms. The Morgan fingerprint density at radius 2 is 1.78 bits per heavy atom. The molecule has 0 bridgehead atoms. The number of hydrogen-bond acceptors (Lipinski definition) is 5.